The van der Waals surface area contributed by atoms with Gasteiger partial charge in [-0.25, -0.2) is 0 Å². The second-order valence-corrected chi connectivity index (χ2v) is 11.5. The van der Waals surface area contributed by atoms with Gasteiger partial charge in [-0.05, 0) is 40.8 Å². The first-order chi connectivity index (χ1) is 22.1. The molecule has 5 nitrogen and oxygen atoms in total. The molecule has 1 amide bonds. The van der Waals surface area contributed by atoms with Gasteiger partial charge in [0, 0.05) is 48.7 Å². The SMILES string of the molecule is COc1ccccc1CN(CC(Cc1c[nH]c2ccccc12)NC(c1ccccc1)(c1ccccc1)c1ccccc1)C(C)=O. The number of benzene rings is 5. The Hall–Kier alpha value is -5.13. The molecule has 0 saturated heterocycles. The number of amides is 1. The fraction of sp³-hybridized carbons (Fsp3) is 0.175. The lowest BCUT2D eigenvalue weighted by atomic mass is 9.76. The molecule has 0 bridgehead atoms. The normalized spacial score (nSPS) is 12.1. The molecule has 45 heavy (non-hydrogen) atoms. The summed E-state index contributed by atoms with van der Waals surface area (Å²) in [6.07, 6.45) is 2.81. The Labute approximate surface area is 265 Å². The largest absolute Gasteiger partial charge is 0.496 e. The average molecular weight is 594 g/mol. The van der Waals surface area contributed by atoms with Crippen molar-refractivity contribution in [2.24, 2.45) is 0 Å². The van der Waals surface area contributed by atoms with Crippen LogP contribution in [0.25, 0.3) is 10.9 Å². The first kappa shape index (κ1) is 29.9. The molecule has 0 radical (unpaired) electrons. The van der Waals surface area contributed by atoms with E-state index in [4.69, 9.17) is 4.74 Å². The molecule has 1 heterocycles. The molecule has 0 spiro atoms. The zero-order valence-electron chi connectivity index (χ0n) is 25.8. The van der Waals surface area contributed by atoms with Crippen LogP contribution in [0.2, 0.25) is 0 Å². The fourth-order valence-corrected chi connectivity index (χ4v) is 6.46. The highest BCUT2D eigenvalue weighted by Gasteiger charge is 2.38. The van der Waals surface area contributed by atoms with E-state index in [2.05, 4.69) is 126 Å². The van der Waals surface area contributed by atoms with Gasteiger partial charge in [-0.3, -0.25) is 10.1 Å². The van der Waals surface area contributed by atoms with Crippen LogP contribution in [0, 0.1) is 0 Å². The smallest absolute Gasteiger partial charge is 0.219 e. The van der Waals surface area contributed by atoms with Gasteiger partial charge >= 0.3 is 0 Å². The monoisotopic (exact) mass is 593 g/mol. The van der Waals surface area contributed by atoms with Crippen molar-refractivity contribution in [1.82, 2.24) is 15.2 Å². The van der Waals surface area contributed by atoms with E-state index in [0.29, 0.717) is 19.5 Å². The summed E-state index contributed by atoms with van der Waals surface area (Å²) in [5.41, 5.74) is 5.98. The molecule has 5 heteroatoms. The molecular formula is C40H39N3O2. The topological polar surface area (TPSA) is 57.4 Å². The molecule has 0 aliphatic heterocycles. The number of nitrogens with one attached hydrogen (secondary N) is 2. The van der Waals surface area contributed by atoms with Gasteiger partial charge in [-0.15, -0.1) is 0 Å². The molecule has 0 aliphatic carbocycles. The van der Waals surface area contributed by atoms with Crippen LogP contribution in [0.15, 0.2) is 146 Å². The summed E-state index contributed by atoms with van der Waals surface area (Å²) in [6.45, 7) is 2.58. The highest BCUT2D eigenvalue weighted by molar-refractivity contribution is 5.83. The molecule has 0 saturated carbocycles. The summed E-state index contributed by atoms with van der Waals surface area (Å²) in [5, 5.41) is 5.37. The fourth-order valence-electron chi connectivity index (χ4n) is 6.46. The molecule has 1 unspecified atom stereocenters. The minimum Gasteiger partial charge on any atom is -0.496 e. The third kappa shape index (κ3) is 6.40. The predicted octanol–water partition coefficient (Wildman–Crippen LogP) is 7.72. The Morgan fingerprint density at radius 2 is 1.27 bits per heavy atom. The first-order valence-corrected chi connectivity index (χ1v) is 15.4. The average Bonchev–Trinajstić information content (AvgIpc) is 3.50. The summed E-state index contributed by atoms with van der Waals surface area (Å²) in [5.74, 6) is 0.786. The molecule has 0 aliphatic rings. The number of rotatable bonds is 12. The van der Waals surface area contributed by atoms with Crippen molar-refractivity contribution in [3.05, 3.63) is 174 Å². The van der Waals surface area contributed by atoms with Crippen LogP contribution in [0.3, 0.4) is 0 Å². The van der Waals surface area contributed by atoms with E-state index in [9.17, 15) is 4.79 Å². The van der Waals surface area contributed by atoms with Gasteiger partial charge in [0.1, 0.15) is 5.75 Å². The Balaban J connectivity index is 1.49. The highest BCUT2D eigenvalue weighted by atomic mass is 16.5. The summed E-state index contributed by atoms with van der Waals surface area (Å²) in [6, 6.07) is 48.0. The number of ether oxygens (including phenoxy) is 1. The van der Waals surface area contributed by atoms with Crippen molar-refractivity contribution in [3.8, 4) is 5.75 Å². The lowest BCUT2D eigenvalue weighted by Crippen LogP contribution is -2.54. The number of carbonyl (C=O) groups excluding carboxylic acids is 1. The molecule has 226 valence electrons. The third-order valence-electron chi connectivity index (χ3n) is 8.62. The predicted molar refractivity (Wildman–Crippen MR) is 182 cm³/mol. The Kier molecular flexibility index (Phi) is 9.09. The van der Waals surface area contributed by atoms with Crippen molar-refractivity contribution >= 4 is 16.8 Å². The van der Waals surface area contributed by atoms with Gasteiger partial charge in [0.25, 0.3) is 0 Å². The van der Waals surface area contributed by atoms with E-state index in [-0.39, 0.29) is 11.9 Å². The first-order valence-electron chi connectivity index (χ1n) is 15.4. The lowest BCUT2D eigenvalue weighted by Gasteiger charge is -2.41. The Bertz CT molecular complexity index is 1740. The molecule has 6 aromatic rings. The molecule has 6 rings (SSSR count). The van der Waals surface area contributed by atoms with E-state index < -0.39 is 5.54 Å². The van der Waals surface area contributed by atoms with Crippen LogP contribution >= 0.6 is 0 Å². The number of aromatic nitrogens is 1. The molecular weight excluding hydrogens is 554 g/mol. The van der Waals surface area contributed by atoms with E-state index in [0.717, 1.165) is 33.5 Å². The van der Waals surface area contributed by atoms with Gasteiger partial charge in [0.2, 0.25) is 5.91 Å². The number of hydrogen-bond acceptors (Lipinski definition) is 3. The summed E-state index contributed by atoms with van der Waals surface area (Å²) in [4.78, 5) is 18.7. The van der Waals surface area contributed by atoms with E-state index in [1.165, 1.54) is 10.9 Å². The van der Waals surface area contributed by atoms with Crippen LogP contribution in [0.4, 0.5) is 0 Å². The summed E-state index contributed by atoms with van der Waals surface area (Å²) < 4.78 is 5.66. The molecule has 1 aromatic heterocycles. The summed E-state index contributed by atoms with van der Waals surface area (Å²) >= 11 is 0. The second-order valence-electron chi connectivity index (χ2n) is 11.5. The van der Waals surface area contributed by atoms with Crippen LogP contribution < -0.4 is 10.1 Å². The number of fused-ring (bicyclic) bond motifs is 1. The van der Waals surface area contributed by atoms with Crippen molar-refractivity contribution in [2.45, 2.75) is 31.5 Å². The van der Waals surface area contributed by atoms with E-state index in [1.807, 2.05) is 35.2 Å². The number of carbonyl (C=O) groups is 1. The number of nitrogens with zero attached hydrogens (tertiary/aromatic N) is 1. The van der Waals surface area contributed by atoms with Crippen LogP contribution in [0.1, 0.15) is 34.7 Å². The van der Waals surface area contributed by atoms with Gasteiger partial charge in [0.05, 0.1) is 12.6 Å². The van der Waals surface area contributed by atoms with Crippen molar-refractivity contribution in [1.29, 1.82) is 0 Å². The third-order valence-corrected chi connectivity index (χ3v) is 8.62. The molecule has 2 N–H and O–H groups in total. The van der Waals surface area contributed by atoms with Crippen molar-refractivity contribution in [2.75, 3.05) is 13.7 Å². The maximum atomic E-state index is 13.3. The standard InChI is InChI=1S/C40H39N3O2/c1-30(44)43(28-31-16-12-15-25-39(31)45-2)29-36(26-32-27-41-38-24-14-13-23-37(32)38)42-40(33-17-6-3-7-18-33,34-19-8-4-9-20-34)35-21-10-5-11-22-35/h3-25,27,36,41-42H,26,28-29H2,1-2H3. The number of aromatic amines is 1. The lowest BCUT2D eigenvalue weighted by molar-refractivity contribution is -0.129. The molecule has 5 aromatic carbocycles. The minimum atomic E-state index is -0.687. The molecule has 0 fully saturated rings. The zero-order valence-corrected chi connectivity index (χ0v) is 25.8. The van der Waals surface area contributed by atoms with Gasteiger partial charge in [-0.2, -0.15) is 0 Å². The van der Waals surface area contributed by atoms with E-state index in [1.54, 1.807) is 14.0 Å². The highest BCUT2D eigenvalue weighted by Crippen LogP contribution is 2.38. The maximum absolute atomic E-state index is 13.3. The minimum absolute atomic E-state index is 0.0105. The number of methoxy groups -OCH3 is 1. The number of hydrogen-bond donors (Lipinski definition) is 2. The Morgan fingerprint density at radius 3 is 1.84 bits per heavy atom. The van der Waals surface area contributed by atoms with Crippen molar-refractivity contribution in [3.63, 3.8) is 0 Å². The Morgan fingerprint density at radius 1 is 0.733 bits per heavy atom. The summed E-state index contributed by atoms with van der Waals surface area (Å²) in [7, 11) is 1.67. The molecule has 1 atom stereocenters. The number of para-hydroxylation sites is 2. The maximum Gasteiger partial charge on any atom is 0.219 e. The van der Waals surface area contributed by atoms with Gasteiger partial charge in [0.15, 0.2) is 0 Å². The second kappa shape index (κ2) is 13.7. The zero-order chi connectivity index (χ0) is 31.1. The van der Waals surface area contributed by atoms with Crippen LogP contribution in [-0.2, 0) is 23.3 Å². The number of H-pyrrole nitrogens is 1. The van der Waals surface area contributed by atoms with Crippen LogP contribution in [-0.4, -0.2) is 35.5 Å². The van der Waals surface area contributed by atoms with Gasteiger partial charge in [-0.1, -0.05) is 127 Å². The van der Waals surface area contributed by atoms with E-state index >= 15 is 0 Å². The van der Waals surface area contributed by atoms with Crippen molar-refractivity contribution < 1.29 is 9.53 Å². The quantitative estimate of drug-likeness (QED) is 0.143. The van der Waals surface area contributed by atoms with Gasteiger partial charge < -0.3 is 14.6 Å². The van der Waals surface area contributed by atoms with Crippen LogP contribution in [0.5, 0.6) is 5.75 Å².